The number of primary sulfonamides is 1. The van der Waals surface area contributed by atoms with E-state index in [1.165, 1.54) is 51.3 Å². The highest BCUT2D eigenvalue weighted by molar-refractivity contribution is 7.89. The monoisotopic (exact) mass is 711 g/mol. The third-order valence-corrected chi connectivity index (χ3v) is 8.51. The lowest BCUT2D eigenvalue weighted by molar-refractivity contribution is -0.157. The Morgan fingerprint density at radius 2 is 1.88 bits per heavy atom. The summed E-state index contributed by atoms with van der Waals surface area (Å²) in [6, 6.07) is 9.56. The number of hydrogen-bond donors (Lipinski definition) is 3. The second kappa shape index (κ2) is 15.8. The number of carbonyl (C=O) groups excluding carboxylic acids is 2. The first-order valence-corrected chi connectivity index (χ1v) is 16.6. The molecule has 4 N–H and O–H groups in total. The van der Waals surface area contributed by atoms with Gasteiger partial charge >= 0.3 is 18.1 Å². The molecule has 3 aromatic rings. The SMILES string of the molecule is COc1cc(S(N)(=O)=O)ccc1NCC#Cc1cc2c(NC3CCN(C[C@H](COC(C)=O)OC(C)=O)CC3F)cccc2n1CC(F)(F)F. The van der Waals surface area contributed by atoms with E-state index in [1.807, 2.05) is 0 Å². The number of likely N-dealkylation sites (tertiary alicyclic amines) is 1. The number of piperidine rings is 1. The number of sulfonamides is 1. The normalized spacial score (nSPS) is 17.5. The molecule has 0 amide bonds. The van der Waals surface area contributed by atoms with Gasteiger partial charge in [-0.15, -0.1) is 0 Å². The van der Waals surface area contributed by atoms with Crippen LogP contribution in [0.4, 0.5) is 28.9 Å². The van der Waals surface area contributed by atoms with Crippen LogP contribution in [0.3, 0.4) is 0 Å². The second-order valence-corrected chi connectivity index (χ2v) is 12.9. The van der Waals surface area contributed by atoms with Crippen LogP contribution in [0.25, 0.3) is 10.9 Å². The van der Waals surface area contributed by atoms with Crippen LogP contribution >= 0.6 is 0 Å². The highest BCUT2D eigenvalue weighted by Crippen LogP contribution is 2.32. The maximum absolute atomic E-state index is 15.5. The topological polar surface area (TPSA) is 154 Å². The standard InChI is InChI=1S/C32H37F4N5O7S/c1-20(42)47-18-23(48-21(2)43)16-40-13-11-28(26(33)17-40)39-27-7-4-8-30-25(27)14-22(41(30)19-32(34,35)36)6-5-12-38-29-10-9-24(49(37,44)45)15-31(29)46-3/h4,7-10,14-15,23,26,28,38-39H,11-13,16-19H2,1-3H3,(H2,37,44,45)/t23-,26?,28?/m1/s1. The molecule has 12 nitrogen and oxygen atoms in total. The first kappa shape index (κ1) is 37.3. The van der Waals surface area contributed by atoms with Crippen LogP contribution < -0.4 is 20.5 Å². The quantitative estimate of drug-likeness (QED) is 0.144. The number of nitrogens with zero attached hydrogens (tertiary/aromatic N) is 2. The van der Waals surface area contributed by atoms with E-state index in [0.717, 1.165) is 4.57 Å². The molecule has 2 aromatic carbocycles. The average Bonchev–Trinajstić information content (AvgIpc) is 3.35. The number of rotatable bonds is 12. The summed E-state index contributed by atoms with van der Waals surface area (Å²) >= 11 is 0. The second-order valence-electron chi connectivity index (χ2n) is 11.4. The molecule has 1 aromatic heterocycles. The van der Waals surface area contributed by atoms with Gasteiger partial charge in [-0.05, 0) is 42.7 Å². The maximum Gasteiger partial charge on any atom is 0.406 e. The lowest BCUT2D eigenvalue weighted by Crippen LogP contribution is -2.50. The Balaban J connectivity index is 1.51. The van der Waals surface area contributed by atoms with Crippen molar-refractivity contribution in [1.29, 1.82) is 0 Å². The third-order valence-electron chi connectivity index (χ3n) is 7.60. The van der Waals surface area contributed by atoms with Gasteiger partial charge < -0.3 is 29.4 Å². The van der Waals surface area contributed by atoms with E-state index in [9.17, 15) is 31.2 Å². The molecule has 0 aliphatic carbocycles. The Bertz CT molecular complexity index is 1840. The van der Waals surface area contributed by atoms with Gasteiger partial charge in [-0.25, -0.2) is 17.9 Å². The predicted octanol–water partition coefficient (Wildman–Crippen LogP) is 3.64. The van der Waals surface area contributed by atoms with Crippen molar-refractivity contribution in [1.82, 2.24) is 9.47 Å². The summed E-state index contributed by atoms with van der Waals surface area (Å²) in [5, 5.41) is 11.7. The molecule has 0 bridgehead atoms. The molecule has 0 spiro atoms. The van der Waals surface area contributed by atoms with Crippen molar-refractivity contribution in [2.24, 2.45) is 5.14 Å². The fraction of sp³-hybridized carbons (Fsp3) is 0.438. The van der Waals surface area contributed by atoms with Gasteiger partial charge in [-0.1, -0.05) is 12.0 Å². The number of nitrogens with one attached hydrogen (secondary N) is 2. The van der Waals surface area contributed by atoms with Gasteiger partial charge in [-0.3, -0.25) is 14.5 Å². The lowest BCUT2D eigenvalue weighted by Gasteiger charge is -2.36. The minimum Gasteiger partial charge on any atom is -0.495 e. The summed E-state index contributed by atoms with van der Waals surface area (Å²) in [7, 11) is -2.63. The molecule has 1 aliphatic heterocycles. The zero-order chi connectivity index (χ0) is 35.9. The molecule has 1 aliphatic rings. The van der Waals surface area contributed by atoms with E-state index in [4.69, 9.17) is 19.3 Å². The molecule has 3 atom stereocenters. The van der Waals surface area contributed by atoms with Gasteiger partial charge in [0.05, 0.1) is 41.5 Å². The van der Waals surface area contributed by atoms with Crippen LogP contribution in [0.5, 0.6) is 5.75 Å². The number of benzene rings is 2. The predicted molar refractivity (Wildman–Crippen MR) is 173 cm³/mol. The van der Waals surface area contributed by atoms with Gasteiger partial charge in [0.1, 0.15) is 31.2 Å². The Labute approximate surface area is 280 Å². The van der Waals surface area contributed by atoms with Crippen molar-refractivity contribution in [3.05, 3.63) is 48.2 Å². The third kappa shape index (κ3) is 10.5. The number of nitrogens with two attached hydrogens (primary N) is 1. The minimum atomic E-state index is -4.56. The average molecular weight is 712 g/mol. The number of hydrogen-bond acceptors (Lipinski definition) is 10. The summed E-state index contributed by atoms with van der Waals surface area (Å²) in [5.74, 6) is 4.66. The zero-order valence-corrected chi connectivity index (χ0v) is 27.8. The van der Waals surface area contributed by atoms with Crippen LogP contribution in [0, 0.1) is 11.8 Å². The fourth-order valence-electron chi connectivity index (χ4n) is 5.49. The fourth-order valence-corrected chi connectivity index (χ4v) is 6.01. The molecule has 0 radical (unpaired) electrons. The van der Waals surface area contributed by atoms with E-state index in [0.29, 0.717) is 29.7 Å². The number of ether oxygens (including phenoxy) is 3. The zero-order valence-electron chi connectivity index (χ0n) is 27.0. The van der Waals surface area contributed by atoms with Crippen LogP contribution in [0.2, 0.25) is 0 Å². The van der Waals surface area contributed by atoms with E-state index < -0.39 is 53.0 Å². The highest BCUT2D eigenvalue weighted by Gasteiger charge is 2.33. The minimum absolute atomic E-state index is 0.0141. The highest BCUT2D eigenvalue weighted by atomic mass is 32.2. The molecular formula is C32H37F4N5O7S. The maximum atomic E-state index is 15.5. The number of halogens is 4. The summed E-state index contributed by atoms with van der Waals surface area (Å²) in [6.07, 6.45) is -6.37. The van der Waals surface area contributed by atoms with Gasteiger partial charge in [0.15, 0.2) is 0 Å². The largest absolute Gasteiger partial charge is 0.495 e. The van der Waals surface area contributed by atoms with Crippen molar-refractivity contribution < 1.29 is 49.8 Å². The first-order valence-electron chi connectivity index (χ1n) is 15.1. The number of alkyl halides is 4. The van der Waals surface area contributed by atoms with Crippen LogP contribution in [0.15, 0.2) is 47.4 Å². The van der Waals surface area contributed by atoms with Crippen LogP contribution in [0.1, 0.15) is 26.0 Å². The van der Waals surface area contributed by atoms with Gasteiger partial charge in [0.2, 0.25) is 10.0 Å². The molecule has 0 saturated carbocycles. The number of fused-ring (bicyclic) bond motifs is 1. The molecule has 49 heavy (non-hydrogen) atoms. The lowest BCUT2D eigenvalue weighted by atomic mass is 10.0. The smallest absolute Gasteiger partial charge is 0.406 e. The van der Waals surface area contributed by atoms with Gasteiger partial charge in [-0.2, -0.15) is 13.2 Å². The number of anilines is 2. The molecule has 1 fully saturated rings. The van der Waals surface area contributed by atoms with Crippen molar-refractivity contribution in [3.63, 3.8) is 0 Å². The number of aromatic nitrogens is 1. The van der Waals surface area contributed by atoms with E-state index >= 15 is 4.39 Å². The summed E-state index contributed by atoms with van der Waals surface area (Å²) in [4.78, 5) is 24.3. The van der Waals surface area contributed by atoms with Crippen molar-refractivity contribution in [2.75, 3.05) is 50.5 Å². The van der Waals surface area contributed by atoms with Crippen LogP contribution in [-0.4, -0.2) is 94.2 Å². The molecule has 2 unspecified atom stereocenters. The Kier molecular flexibility index (Phi) is 12.0. The van der Waals surface area contributed by atoms with E-state index in [2.05, 4.69) is 22.5 Å². The molecule has 266 valence electrons. The van der Waals surface area contributed by atoms with Crippen molar-refractivity contribution in [2.45, 2.75) is 56.2 Å². The molecule has 2 heterocycles. The molecule has 17 heteroatoms. The molecular weight excluding hydrogens is 674 g/mol. The van der Waals surface area contributed by atoms with Crippen LogP contribution in [-0.2, 0) is 35.6 Å². The van der Waals surface area contributed by atoms with E-state index in [1.54, 1.807) is 17.0 Å². The Morgan fingerprint density at radius 3 is 2.51 bits per heavy atom. The number of methoxy groups -OCH3 is 1. The summed E-state index contributed by atoms with van der Waals surface area (Å²) < 4.78 is 96.2. The Morgan fingerprint density at radius 1 is 1.12 bits per heavy atom. The number of carbonyl (C=O) groups is 2. The molecule has 4 rings (SSSR count). The molecule has 1 saturated heterocycles. The Hall–Kier alpha value is -4.53. The van der Waals surface area contributed by atoms with Gasteiger partial charge in [0.25, 0.3) is 0 Å². The van der Waals surface area contributed by atoms with E-state index in [-0.39, 0.29) is 48.1 Å². The van der Waals surface area contributed by atoms with Gasteiger partial charge in [0, 0.05) is 50.6 Å². The first-order chi connectivity index (χ1) is 23.0. The summed E-state index contributed by atoms with van der Waals surface area (Å²) in [6.45, 7) is 1.52. The van der Waals surface area contributed by atoms with Crippen molar-refractivity contribution >= 4 is 44.2 Å². The number of esters is 2. The van der Waals surface area contributed by atoms with Crippen molar-refractivity contribution in [3.8, 4) is 17.6 Å². The summed E-state index contributed by atoms with van der Waals surface area (Å²) in [5.41, 5.74) is 1.16.